The molecule has 0 unspecified atom stereocenters. The van der Waals surface area contributed by atoms with E-state index in [0.29, 0.717) is 38.5 Å². The van der Waals surface area contributed by atoms with Gasteiger partial charge in [-0.25, -0.2) is 0 Å². The van der Waals surface area contributed by atoms with Gasteiger partial charge in [-0.1, -0.05) is 173 Å². The number of allylic oxidation sites excluding steroid dienone is 16. The van der Waals surface area contributed by atoms with Crippen LogP contribution in [0.2, 0.25) is 0 Å². The van der Waals surface area contributed by atoms with Crippen LogP contribution < -0.4 is 27.0 Å². The van der Waals surface area contributed by atoms with Gasteiger partial charge in [-0.15, -0.1) is 0 Å². The number of aliphatic carboxylic acids is 2. The fourth-order valence-electron chi connectivity index (χ4n) is 4.91. The van der Waals surface area contributed by atoms with E-state index in [1.165, 1.54) is 6.08 Å². The van der Waals surface area contributed by atoms with Gasteiger partial charge >= 0.3 is 0 Å². The third kappa shape index (κ3) is 48.7. The van der Waals surface area contributed by atoms with Crippen molar-refractivity contribution in [2.45, 2.75) is 160 Å². The van der Waals surface area contributed by atoms with Gasteiger partial charge in [0.2, 0.25) is 0 Å². The molecule has 0 saturated heterocycles. The maximum Gasteiger partial charge on any atom is 0.278 e. The molecule has 0 aliphatic heterocycles. The van der Waals surface area contributed by atoms with Gasteiger partial charge in [-0.3, -0.25) is 4.79 Å². The Bertz CT molecular complexity index is 1610. The van der Waals surface area contributed by atoms with Crippen LogP contribution >= 0.6 is 0 Å². The minimum atomic E-state index is -1.24. The number of unbranched alkanes of at least 4 members (excludes halogenated alkanes) is 2. The molecule has 0 aromatic rings. The van der Waals surface area contributed by atoms with Gasteiger partial charge in [0.15, 0.2) is 6.04 Å². The van der Waals surface area contributed by atoms with Crippen LogP contribution in [-0.2, 0) is 14.4 Å². The molecule has 0 radical (unpaired) electrons. The van der Waals surface area contributed by atoms with E-state index in [9.17, 15) is 55.2 Å². The summed E-state index contributed by atoms with van der Waals surface area (Å²) in [6, 6.07) is -1.37. The largest absolute Gasteiger partial charge is 0.550 e. The SMILES string of the molecule is CC/C=C\C[C@@H](O)/C=C/C=C\C=C\C=C\[C@@H](O)[C@@H](O)C/C=C\CCC.CC/C=C\C[C@@H](O)/C=C/C=C\C=C\C=C\[C@@H](O)[C@@H](O)C/C=C\CCC(=O)[O-].C[C@H]([NH3+])C(=O)N[C@@H](CCCC[NH3+])C(=O)[O-]. The molecule has 0 rings (SSSR count). The molecule has 67 heavy (non-hydrogen) atoms. The number of aliphatic hydroxyl groups is 6. The van der Waals surface area contributed by atoms with Crippen molar-refractivity contribution in [1.82, 2.24) is 5.32 Å². The first-order valence-corrected chi connectivity index (χ1v) is 23.5. The number of hydrogen-bond donors (Lipinski definition) is 9. The lowest BCUT2D eigenvalue weighted by Gasteiger charge is -2.19. The van der Waals surface area contributed by atoms with Crippen LogP contribution in [0.5, 0.6) is 0 Å². The minimum absolute atomic E-state index is 0.0581. The van der Waals surface area contributed by atoms with Gasteiger partial charge in [0.1, 0.15) is 0 Å². The highest BCUT2D eigenvalue weighted by molar-refractivity contribution is 5.84. The van der Waals surface area contributed by atoms with Crippen molar-refractivity contribution in [1.29, 1.82) is 0 Å². The number of carbonyl (C=O) groups is 3. The average molecular weight is 940 g/mol. The van der Waals surface area contributed by atoms with Crippen molar-refractivity contribution >= 4 is 17.8 Å². The van der Waals surface area contributed by atoms with E-state index < -0.39 is 60.6 Å². The van der Waals surface area contributed by atoms with E-state index in [0.717, 1.165) is 38.6 Å². The molecule has 0 fully saturated rings. The second-order valence-electron chi connectivity index (χ2n) is 15.3. The number of hydrogen-bond acceptors (Lipinski definition) is 11. The molecule has 13 N–H and O–H groups in total. The predicted octanol–water partition coefficient (Wildman–Crippen LogP) is 2.79. The molecule has 1 amide bonds. The van der Waals surface area contributed by atoms with Gasteiger partial charge in [-0.05, 0) is 84.0 Å². The molecule has 14 nitrogen and oxygen atoms in total. The second kappa shape index (κ2) is 48.9. The van der Waals surface area contributed by atoms with E-state index in [1.807, 2.05) is 61.6 Å². The van der Waals surface area contributed by atoms with Crippen LogP contribution in [0.15, 0.2) is 146 Å². The third-order valence-corrected chi connectivity index (χ3v) is 8.84. The molecule has 8 atom stereocenters. The first-order valence-electron chi connectivity index (χ1n) is 23.5. The zero-order chi connectivity index (χ0) is 50.9. The first-order chi connectivity index (χ1) is 32.1. The van der Waals surface area contributed by atoms with Crippen LogP contribution in [-0.4, -0.2) is 104 Å². The summed E-state index contributed by atoms with van der Waals surface area (Å²) in [6.07, 6.45) is 46.6. The lowest BCUT2D eigenvalue weighted by molar-refractivity contribution is -0.398. The normalized spacial score (nSPS) is 16.3. The zero-order valence-corrected chi connectivity index (χ0v) is 40.5. The summed E-state index contributed by atoms with van der Waals surface area (Å²) >= 11 is 0. The van der Waals surface area contributed by atoms with Crippen molar-refractivity contribution in [3.63, 3.8) is 0 Å². The topological polar surface area (TPSA) is 286 Å². The Morgan fingerprint density at radius 2 is 0.955 bits per heavy atom. The fraction of sp³-hybridized carbons (Fsp3) is 0.491. The maximum atomic E-state index is 11.2. The van der Waals surface area contributed by atoms with Crippen LogP contribution in [0, 0.1) is 0 Å². The summed E-state index contributed by atoms with van der Waals surface area (Å²) in [4.78, 5) is 32.1. The van der Waals surface area contributed by atoms with Gasteiger partial charge < -0.3 is 67.2 Å². The Morgan fingerprint density at radius 3 is 1.33 bits per heavy atom. The van der Waals surface area contributed by atoms with E-state index in [4.69, 9.17) is 0 Å². The average Bonchev–Trinajstić information content (AvgIpc) is 3.29. The van der Waals surface area contributed by atoms with E-state index in [1.54, 1.807) is 92.0 Å². The molecule has 378 valence electrons. The fourth-order valence-corrected chi connectivity index (χ4v) is 4.91. The molecule has 0 saturated carbocycles. The number of carbonyl (C=O) groups excluding carboxylic acids is 3. The number of carboxylic acid groups (broad SMARTS) is 2. The summed E-state index contributed by atoms with van der Waals surface area (Å²) < 4.78 is 0. The molecule has 0 spiro atoms. The smallest absolute Gasteiger partial charge is 0.278 e. The summed E-state index contributed by atoms with van der Waals surface area (Å²) in [5, 5.41) is 81.8. The van der Waals surface area contributed by atoms with Crippen LogP contribution in [0.25, 0.3) is 0 Å². The van der Waals surface area contributed by atoms with E-state index >= 15 is 0 Å². The Hall–Kier alpha value is -5.03. The van der Waals surface area contributed by atoms with Crippen LogP contribution in [0.3, 0.4) is 0 Å². The standard InChI is InChI=1S/C22H32O5.C22H34O3.C9H19N3O3/c1-2-3-9-14-19(23)15-10-6-4-5-7-11-16-20(24)21(25)17-12-8-13-18-22(26)27;1-3-5-7-14-18-21(24)22(25)19-15-11-9-8-10-13-17-20(23)16-12-6-4-2;1-6(11)8(13)12-7(9(14)15)4-2-3-5-10/h3-12,15-16,19-21,23-25H,2,13-14,17-18H2,1H3,(H,26,27);6-15,17,19-25H,3-5,16,18H2,1-2H3;6-7H,2-5,10-11H2,1H3,(H,12,13)(H,14,15)/b6-4-,7-5+,9-3-,12-8-,15-10+,16-11+;10-8-,11-9+,12-6-,14-7-,17-13+,19-15+;/t19-,20-,21+;20-,21+,22-;6-,7-/m110/s1. The summed E-state index contributed by atoms with van der Waals surface area (Å²) in [5.41, 5.74) is 7.17. The molecule has 0 aromatic heterocycles. The Morgan fingerprint density at radius 1 is 0.552 bits per heavy atom. The van der Waals surface area contributed by atoms with Gasteiger partial charge in [0, 0.05) is 5.97 Å². The molecular formula is C53H85N3O11. The van der Waals surface area contributed by atoms with Crippen LogP contribution in [0.1, 0.15) is 111 Å². The third-order valence-electron chi connectivity index (χ3n) is 8.84. The number of quaternary nitrogens is 2. The Labute approximate surface area is 401 Å². The van der Waals surface area contributed by atoms with Gasteiger partial charge in [0.05, 0.1) is 55.2 Å². The predicted molar refractivity (Wildman–Crippen MR) is 265 cm³/mol. The van der Waals surface area contributed by atoms with Crippen molar-refractivity contribution in [3.05, 3.63) is 146 Å². The molecule has 14 heteroatoms. The number of carboxylic acids is 2. The Kier molecular flexibility index (Phi) is 48.3. The monoisotopic (exact) mass is 940 g/mol. The molecule has 0 aromatic carbocycles. The van der Waals surface area contributed by atoms with Crippen LogP contribution in [0.4, 0.5) is 0 Å². The van der Waals surface area contributed by atoms with Crippen molar-refractivity contribution in [2.24, 2.45) is 0 Å². The quantitative estimate of drug-likeness (QED) is 0.0257. The van der Waals surface area contributed by atoms with Crippen molar-refractivity contribution < 1.29 is 66.7 Å². The van der Waals surface area contributed by atoms with Gasteiger partial charge in [0.25, 0.3) is 5.91 Å². The van der Waals surface area contributed by atoms with E-state index in [-0.39, 0.29) is 18.7 Å². The highest BCUT2D eigenvalue weighted by Gasteiger charge is 2.17. The minimum Gasteiger partial charge on any atom is -0.550 e. The molecular weight excluding hydrogens is 855 g/mol. The summed E-state index contributed by atoms with van der Waals surface area (Å²) in [6.45, 7) is 8.58. The molecule has 0 heterocycles. The molecule has 0 bridgehead atoms. The second-order valence-corrected chi connectivity index (χ2v) is 15.3. The van der Waals surface area contributed by atoms with Crippen molar-refractivity contribution in [2.75, 3.05) is 6.54 Å². The molecule has 0 aliphatic rings. The summed E-state index contributed by atoms with van der Waals surface area (Å²) in [5.74, 6) is -2.72. The van der Waals surface area contributed by atoms with Gasteiger partial charge in [-0.2, -0.15) is 0 Å². The number of nitrogens with one attached hydrogen (secondary N) is 1. The lowest BCUT2D eigenvalue weighted by atomic mass is 10.1. The number of aliphatic hydroxyl groups excluding tert-OH is 6. The first kappa shape index (κ1) is 66.2. The Balaban J connectivity index is -0.000000954. The maximum absolute atomic E-state index is 11.2. The number of amides is 1. The number of rotatable bonds is 34. The summed E-state index contributed by atoms with van der Waals surface area (Å²) in [7, 11) is 0. The van der Waals surface area contributed by atoms with E-state index in [2.05, 4.69) is 30.6 Å². The zero-order valence-electron chi connectivity index (χ0n) is 40.5. The highest BCUT2D eigenvalue weighted by Crippen LogP contribution is 2.05. The highest BCUT2D eigenvalue weighted by atomic mass is 16.4. The lowest BCUT2D eigenvalue weighted by Crippen LogP contribution is -2.67. The van der Waals surface area contributed by atoms with Crippen molar-refractivity contribution in [3.8, 4) is 0 Å². The molecule has 0 aliphatic carbocycles.